The predicted octanol–water partition coefficient (Wildman–Crippen LogP) is 1.37. The van der Waals surface area contributed by atoms with Crippen LogP contribution in [0.4, 0.5) is 4.79 Å². The van der Waals surface area contributed by atoms with Crippen LogP contribution in [0.2, 0.25) is 0 Å². The van der Waals surface area contributed by atoms with E-state index < -0.39 is 29.6 Å². The second-order valence-corrected chi connectivity index (χ2v) is 5.27. The molecule has 2 atom stereocenters. The highest BCUT2D eigenvalue weighted by atomic mass is 16.5. The van der Waals surface area contributed by atoms with Crippen molar-refractivity contribution in [2.75, 3.05) is 13.2 Å². The zero-order chi connectivity index (χ0) is 16.0. The fourth-order valence-electron chi connectivity index (χ4n) is 2.77. The quantitative estimate of drug-likeness (QED) is 0.722. The van der Waals surface area contributed by atoms with Gasteiger partial charge >= 0.3 is 18.0 Å². The molecule has 0 spiro atoms. The summed E-state index contributed by atoms with van der Waals surface area (Å²) in [5.41, 5.74) is -1.16. The van der Waals surface area contributed by atoms with Crippen LogP contribution < -0.4 is 5.32 Å². The molecule has 21 heavy (non-hydrogen) atoms. The minimum absolute atomic E-state index is 0.234. The van der Waals surface area contributed by atoms with Crippen LogP contribution in [0.25, 0.3) is 0 Å². The van der Waals surface area contributed by atoms with Crippen molar-refractivity contribution in [3.8, 4) is 0 Å². The summed E-state index contributed by atoms with van der Waals surface area (Å²) in [7, 11) is 0. The van der Waals surface area contributed by atoms with Gasteiger partial charge in [0.25, 0.3) is 0 Å². The number of hydrogen-bond acceptors (Lipinski definition) is 4. The van der Waals surface area contributed by atoms with E-state index in [0.29, 0.717) is 32.2 Å². The Balaban J connectivity index is 2.80. The van der Waals surface area contributed by atoms with E-state index in [2.05, 4.69) is 5.32 Å². The summed E-state index contributed by atoms with van der Waals surface area (Å²) in [6.07, 6.45) is 2.16. The largest absolute Gasteiger partial charge is 0.479 e. The van der Waals surface area contributed by atoms with E-state index in [0.717, 1.165) is 0 Å². The number of urea groups is 1. The maximum Gasteiger partial charge on any atom is 0.329 e. The van der Waals surface area contributed by atoms with Crippen LogP contribution in [0.3, 0.4) is 0 Å². The van der Waals surface area contributed by atoms with Crippen LogP contribution in [0.1, 0.15) is 46.5 Å². The summed E-state index contributed by atoms with van der Waals surface area (Å²) < 4.78 is 4.83. The first-order chi connectivity index (χ1) is 9.89. The normalized spacial score (nSPS) is 22.7. The van der Waals surface area contributed by atoms with E-state index >= 15 is 0 Å². The topological polar surface area (TPSA) is 95.9 Å². The van der Waals surface area contributed by atoms with Gasteiger partial charge in [-0.05, 0) is 33.1 Å². The lowest BCUT2D eigenvalue weighted by Crippen LogP contribution is -2.57. The zero-order valence-electron chi connectivity index (χ0n) is 12.8. The van der Waals surface area contributed by atoms with Gasteiger partial charge in [-0.1, -0.05) is 13.3 Å². The van der Waals surface area contributed by atoms with Crippen molar-refractivity contribution in [1.82, 2.24) is 10.2 Å². The fraction of sp³-hybridized carbons (Fsp3) is 0.786. The first kappa shape index (κ1) is 17.3. The molecule has 7 nitrogen and oxygen atoms in total. The van der Waals surface area contributed by atoms with E-state index in [-0.39, 0.29) is 6.61 Å². The smallest absolute Gasteiger partial charge is 0.329 e. The molecule has 1 aliphatic rings. The lowest BCUT2D eigenvalue weighted by atomic mass is 9.91. The average molecular weight is 300 g/mol. The van der Waals surface area contributed by atoms with Gasteiger partial charge in [-0.25, -0.2) is 14.4 Å². The molecule has 0 radical (unpaired) electrons. The summed E-state index contributed by atoms with van der Waals surface area (Å²) in [5.74, 6) is -1.51. The molecule has 120 valence electrons. The number of nitrogens with zero attached hydrogens (tertiary/aromatic N) is 1. The van der Waals surface area contributed by atoms with Crippen molar-refractivity contribution in [1.29, 1.82) is 0 Å². The van der Waals surface area contributed by atoms with Gasteiger partial charge in [-0.3, -0.25) is 0 Å². The SMILES string of the molecule is CCCC1(C(=O)O)CCCN1C(=O)NC(C)C(=O)OCC. The summed E-state index contributed by atoms with van der Waals surface area (Å²) >= 11 is 0. The van der Waals surface area contributed by atoms with Gasteiger partial charge < -0.3 is 20.1 Å². The number of nitrogens with one attached hydrogen (secondary N) is 1. The molecule has 0 aromatic heterocycles. The number of ether oxygens (including phenoxy) is 1. The van der Waals surface area contributed by atoms with Crippen molar-refractivity contribution in [2.24, 2.45) is 0 Å². The lowest BCUT2D eigenvalue weighted by Gasteiger charge is -2.35. The Morgan fingerprint density at radius 2 is 2.05 bits per heavy atom. The average Bonchev–Trinajstić information content (AvgIpc) is 2.84. The van der Waals surface area contributed by atoms with E-state index in [4.69, 9.17) is 4.74 Å². The Hall–Kier alpha value is -1.79. The Kier molecular flexibility index (Phi) is 5.99. The Labute approximate surface area is 124 Å². The summed E-state index contributed by atoms with van der Waals surface area (Å²) in [6.45, 7) is 5.71. The Morgan fingerprint density at radius 3 is 2.57 bits per heavy atom. The number of carboxylic acid groups (broad SMARTS) is 1. The van der Waals surface area contributed by atoms with Gasteiger partial charge in [0.2, 0.25) is 0 Å². The second-order valence-electron chi connectivity index (χ2n) is 5.27. The maximum absolute atomic E-state index is 12.3. The molecule has 0 aromatic rings. The second kappa shape index (κ2) is 7.28. The highest BCUT2D eigenvalue weighted by molar-refractivity contribution is 5.89. The van der Waals surface area contributed by atoms with Gasteiger partial charge in [0, 0.05) is 6.54 Å². The molecule has 2 amide bonds. The minimum Gasteiger partial charge on any atom is -0.479 e. The monoisotopic (exact) mass is 300 g/mol. The number of esters is 1. The van der Waals surface area contributed by atoms with Gasteiger partial charge in [-0.2, -0.15) is 0 Å². The highest BCUT2D eigenvalue weighted by Gasteiger charge is 2.49. The number of carbonyl (C=O) groups excluding carboxylic acids is 2. The molecule has 1 aliphatic heterocycles. The fourth-order valence-corrected chi connectivity index (χ4v) is 2.77. The molecule has 1 saturated heterocycles. The summed E-state index contributed by atoms with van der Waals surface area (Å²) in [4.78, 5) is 36.8. The third-order valence-electron chi connectivity index (χ3n) is 3.78. The number of carbonyl (C=O) groups is 3. The number of amides is 2. The molecule has 2 unspecified atom stereocenters. The molecule has 1 fully saturated rings. The van der Waals surface area contributed by atoms with Crippen LogP contribution in [0.5, 0.6) is 0 Å². The lowest BCUT2D eigenvalue weighted by molar-refractivity contribution is -0.148. The number of rotatable bonds is 6. The third-order valence-corrected chi connectivity index (χ3v) is 3.78. The third kappa shape index (κ3) is 3.65. The minimum atomic E-state index is -1.16. The van der Waals surface area contributed by atoms with Gasteiger partial charge in [0.1, 0.15) is 11.6 Å². The van der Waals surface area contributed by atoms with Crippen LogP contribution in [-0.4, -0.2) is 52.7 Å². The van der Waals surface area contributed by atoms with E-state index in [1.54, 1.807) is 6.92 Å². The molecule has 0 saturated carbocycles. The first-order valence-corrected chi connectivity index (χ1v) is 7.37. The Bertz CT molecular complexity index is 412. The molecule has 2 N–H and O–H groups in total. The molecule has 0 aliphatic carbocycles. The van der Waals surface area contributed by atoms with Gasteiger partial charge in [0.05, 0.1) is 6.61 Å². The van der Waals surface area contributed by atoms with Crippen molar-refractivity contribution in [3.63, 3.8) is 0 Å². The molecule has 7 heteroatoms. The summed E-state index contributed by atoms with van der Waals surface area (Å²) in [6, 6.07) is -1.32. The molecular weight excluding hydrogens is 276 g/mol. The van der Waals surface area contributed by atoms with Crippen LogP contribution in [-0.2, 0) is 14.3 Å². The van der Waals surface area contributed by atoms with Crippen molar-refractivity contribution in [3.05, 3.63) is 0 Å². The van der Waals surface area contributed by atoms with Crippen molar-refractivity contribution in [2.45, 2.75) is 58.0 Å². The highest BCUT2D eigenvalue weighted by Crippen LogP contribution is 2.34. The summed E-state index contributed by atoms with van der Waals surface area (Å²) in [5, 5.41) is 12.1. The maximum atomic E-state index is 12.3. The molecule has 0 aromatic carbocycles. The van der Waals surface area contributed by atoms with E-state index in [9.17, 15) is 19.5 Å². The number of aliphatic carboxylic acids is 1. The number of hydrogen-bond donors (Lipinski definition) is 2. The zero-order valence-corrected chi connectivity index (χ0v) is 12.8. The van der Waals surface area contributed by atoms with Gasteiger partial charge in [-0.15, -0.1) is 0 Å². The van der Waals surface area contributed by atoms with Crippen molar-refractivity contribution < 1.29 is 24.2 Å². The van der Waals surface area contributed by atoms with Gasteiger partial charge in [0.15, 0.2) is 0 Å². The molecule has 1 rings (SSSR count). The van der Waals surface area contributed by atoms with E-state index in [1.165, 1.54) is 11.8 Å². The number of likely N-dealkylation sites (tertiary alicyclic amines) is 1. The Morgan fingerprint density at radius 1 is 1.38 bits per heavy atom. The first-order valence-electron chi connectivity index (χ1n) is 7.37. The van der Waals surface area contributed by atoms with Crippen molar-refractivity contribution >= 4 is 18.0 Å². The number of carboxylic acids is 1. The molecule has 1 heterocycles. The van der Waals surface area contributed by atoms with Crippen LogP contribution >= 0.6 is 0 Å². The molecular formula is C14H24N2O5. The predicted molar refractivity (Wildman–Crippen MR) is 75.8 cm³/mol. The molecule has 0 bridgehead atoms. The standard InChI is InChI=1S/C14H24N2O5/c1-4-7-14(12(18)19)8-6-9-16(14)13(20)15-10(3)11(17)21-5-2/h10H,4-9H2,1-3H3,(H,15,20)(H,18,19). The van der Waals surface area contributed by atoms with Crippen LogP contribution in [0, 0.1) is 0 Å². The van der Waals surface area contributed by atoms with Crippen LogP contribution in [0.15, 0.2) is 0 Å². The van der Waals surface area contributed by atoms with E-state index in [1.807, 2.05) is 6.92 Å².